The predicted octanol–water partition coefficient (Wildman–Crippen LogP) is 2.61. The Balaban J connectivity index is 2.03. The highest BCUT2D eigenvalue weighted by atomic mass is 32.2. The minimum absolute atomic E-state index is 0.0547. The van der Waals surface area contributed by atoms with Gasteiger partial charge in [0.05, 0.1) is 0 Å². The highest BCUT2D eigenvalue weighted by Crippen LogP contribution is 2.24. The molecule has 1 heterocycles. The summed E-state index contributed by atoms with van der Waals surface area (Å²) in [6, 6.07) is 4.48. The van der Waals surface area contributed by atoms with Crippen LogP contribution < -0.4 is 5.73 Å². The van der Waals surface area contributed by atoms with Crippen molar-refractivity contribution in [1.82, 2.24) is 9.55 Å². The van der Waals surface area contributed by atoms with E-state index in [1.165, 1.54) is 28.6 Å². The Bertz CT molecular complexity index is 644. The third-order valence-corrected chi connectivity index (χ3v) is 3.78. The largest absolute Gasteiger partial charge is 0.399 e. The molecule has 0 bridgehead atoms. The molecule has 8 heteroatoms. The van der Waals surface area contributed by atoms with Crippen molar-refractivity contribution in [3.63, 3.8) is 0 Å². The summed E-state index contributed by atoms with van der Waals surface area (Å²) in [7, 11) is 0. The highest BCUT2D eigenvalue weighted by molar-refractivity contribution is 7.99. The second-order valence-electron chi connectivity index (χ2n) is 4.11. The van der Waals surface area contributed by atoms with E-state index in [0.29, 0.717) is 28.7 Å². The van der Waals surface area contributed by atoms with Gasteiger partial charge in [-0.25, -0.2) is 13.9 Å². The second-order valence-corrected chi connectivity index (χ2v) is 5.25. The van der Waals surface area contributed by atoms with E-state index >= 15 is 0 Å². The quantitative estimate of drug-likeness (QED) is 0.396. The van der Waals surface area contributed by atoms with E-state index in [0.717, 1.165) is 0 Å². The average Bonchev–Trinajstić information content (AvgIpc) is 2.74. The van der Waals surface area contributed by atoms with Crippen molar-refractivity contribution in [1.29, 1.82) is 0 Å². The number of hydrogen-bond acceptors (Lipinski definition) is 5. The van der Waals surface area contributed by atoms with Crippen molar-refractivity contribution in [3.05, 3.63) is 46.2 Å². The monoisotopic (exact) mass is 296 g/mol. The van der Waals surface area contributed by atoms with E-state index in [2.05, 4.69) is 4.98 Å². The minimum Gasteiger partial charge on any atom is -0.399 e. The lowest BCUT2D eigenvalue weighted by atomic mass is 10.3. The first-order chi connectivity index (χ1) is 9.49. The molecular weight excluding hydrogens is 283 g/mol. The molecule has 0 saturated carbocycles. The summed E-state index contributed by atoms with van der Waals surface area (Å²) in [6.45, 7) is 2.08. The SMILES string of the molecule is Cc1ncc([N+](=O)[O-])n1CCSc1ccc(N)cc1F. The van der Waals surface area contributed by atoms with Crippen molar-refractivity contribution < 1.29 is 9.31 Å². The van der Waals surface area contributed by atoms with Gasteiger partial charge >= 0.3 is 5.82 Å². The number of anilines is 1. The molecule has 0 spiro atoms. The zero-order valence-corrected chi connectivity index (χ0v) is 11.6. The first-order valence-corrected chi connectivity index (χ1v) is 6.82. The minimum atomic E-state index is -0.478. The average molecular weight is 296 g/mol. The molecule has 0 aliphatic carbocycles. The van der Waals surface area contributed by atoms with Crippen molar-refractivity contribution in [2.24, 2.45) is 0 Å². The summed E-state index contributed by atoms with van der Waals surface area (Å²) in [5, 5.41) is 10.8. The second kappa shape index (κ2) is 5.91. The fraction of sp³-hybridized carbons (Fsp3) is 0.250. The molecule has 106 valence electrons. The summed E-state index contributed by atoms with van der Waals surface area (Å²) in [5.41, 5.74) is 5.84. The number of nitrogens with two attached hydrogens (primary N) is 1. The van der Waals surface area contributed by atoms with Crippen LogP contribution in [0.5, 0.6) is 0 Å². The number of imidazole rings is 1. The lowest BCUT2D eigenvalue weighted by Crippen LogP contribution is -2.06. The lowest BCUT2D eigenvalue weighted by Gasteiger charge is -2.05. The molecular formula is C12H13FN4O2S. The van der Waals surface area contributed by atoms with Gasteiger partial charge in [-0.1, -0.05) is 0 Å². The van der Waals surface area contributed by atoms with Crippen LogP contribution >= 0.6 is 11.8 Å². The van der Waals surface area contributed by atoms with Crippen LogP contribution in [0, 0.1) is 22.9 Å². The van der Waals surface area contributed by atoms with Gasteiger partial charge in [0, 0.05) is 23.3 Å². The number of aromatic nitrogens is 2. The topological polar surface area (TPSA) is 87.0 Å². The standard InChI is InChI=1S/C12H13FN4O2S/c1-8-15-7-12(17(18)19)16(8)4-5-20-11-3-2-9(14)6-10(11)13/h2-3,6-7H,4-5,14H2,1H3. The van der Waals surface area contributed by atoms with Gasteiger partial charge in [0.2, 0.25) is 0 Å². The van der Waals surface area contributed by atoms with Gasteiger partial charge in [-0.2, -0.15) is 0 Å². The lowest BCUT2D eigenvalue weighted by molar-refractivity contribution is -0.392. The molecule has 0 saturated heterocycles. The van der Waals surface area contributed by atoms with E-state index < -0.39 is 4.92 Å². The van der Waals surface area contributed by atoms with E-state index in [-0.39, 0.29) is 11.6 Å². The van der Waals surface area contributed by atoms with Crippen molar-refractivity contribution in [2.45, 2.75) is 18.4 Å². The highest BCUT2D eigenvalue weighted by Gasteiger charge is 2.17. The number of halogens is 1. The molecule has 0 aliphatic heterocycles. The van der Waals surface area contributed by atoms with Gasteiger partial charge in [0.15, 0.2) is 5.82 Å². The Morgan fingerprint density at radius 1 is 1.55 bits per heavy atom. The third kappa shape index (κ3) is 3.08. The van der Waals surface area contributed by atoms with Crippen LogP contribution in [0.2, 0.25) is 0 Å². The Hall–Kier alpha value is -2.09. The first-order valence-electron chi connectivity index (χ1n) is 5.83. The predicted molar refractivity (Wildman–Crippen MR) is 75.2 cm³/mol. The van der Waals surface area contributed by atoms with Crippen LogP contribution in [0.25, 0.3) is 0 Å². The number of benzene rings is 1. The molecule has 0 fully saturated rings. The number of nitro groups is 1. The normalized spacial score (nSPS) is 10.7. The molecule has 0 atom stereocenters. The van der Waals surface area contributed by atoms with Crippen molar-refractivity contribution >= 4 is 23.3 Å². The van der Waals surface area contributed by atoms with Gasteiger partial charge in [-0.3, -0.25) is 0 Å². The summed E-state index contributed by atoms with van der Waals surface area (Å²) < 4.78 is 15.1. The summed E-state index contributed by atoms with van der Waals surface area (Å²) in [4.78, 5) is 14.7. The fourth-order valence-electron chi connectivity index (χ4n) is 1.76. The van der Waals surface area contributed by atoms with Crippen LogP contribution in [0.4, 0.5) is 15.9 Å². The summed E-state index contributed by atoms with van der Waals surface area (Å²) in [5.74, 6) is 0.626. The Labute approximate surface area is 119 Å². The first kappa shape index (κ1) is 14.3. The van der Waals surface area contributed by atoms with Crippen LogP contribution in [-0.4, -0.2) is 20.2 Å². The number of nitrogens with zero attached hydrogens (tertiary/aromatic N) is 3. The van der Waals surface area contributed by atoms with E-state index in [1.54, 1.807) is 19.1 Å². The third-order valence-electron chi connectivity index (χ3n) is 2.75. The molecule has 20 heavy (non-hydrogen) atoms. The van der Waals surface area contributed by atoms with Gasteiger partial charge in [-0.15, -0.1) is 11.8 Å². The van der Waals surface area contributed by atoms with Gasteiger partial charge < -0.3 is 15.8 Å². The zero-order chi connectivity index (χ0) is 14.7. The Morgan fingerprint density at radius 2 is 2.30 bits per heavy atom. The molecule has 0 aliphatic rings. The van der Waals surface area contributed by atoms with E-state index in [4.69, 9.17) is 5.73 Å². The molecule has 1 aromatic heterocycles. The van der Waals surface area contributed by atoms with Crippen molar-refractivity contribution in [2.75, 3.05) is 11.5 Å². The molecule has 1 aromatic carbocycles. The molecule has 0 amide bonds. The molecule has 2 aromatic rings. The van der Waals surface area contributed by atoms with Crippen LogP contribution in [0.1, 0.15) is 5.82 Å². The number of rotatable bonds is 5. The number of aryl methyl sites for hydroxylation is 1. The Morgan fingerprint density at radius 3 is 2.95 bits per heavy atom. The van der Waals surface area contributed by atoms with Gasteiger partial charge in [0.25, 0.3) is 0 Å². The number of nitrogen functional groups attached to an aromatic ring is 1. The van der Waals surface area contributed by atoms with E-state index in [9.17, 15) is 14.5 Å². The molecule has 2 N–H and O–H groups in total. The Kier molecular flexibility index (Phi) is 4.23. The maximum Gasteiger partial charge on any atom is 0.342 e. The summed E-state index contributed by atoms with van der Waals surface area (Å²) in [6.07, 6.45) is 1.23. The summed E-state index contributed by atoms with van der Waals surface area (Å²) >= 11 is 1.28. The van der Waals surface area contributed by atoms with Gasteiger partial charge in [-0.05, 0) is 23.1 Å². The maximum absolute atomic E-state index is 13.6. The molecule has 0 radical (unpaired) electrons. The van der Waals surface area contributed by atoms with Gasteiger partial charge in [0.1, 0.15) is 18.6 Å². The van der Waals surface area contributed by atoms with Crippen LogP contribution in [-0.2, 0) is 6.54 Å². The van der Waals surface area contributed by atoms with Crippen LogP contribution in [0.3, 0.4) is 0 Å². The van der Waals surface area contributed by atoms with Crippen LogP contribution in [0.15, 0.2) is 29.3 Å². The molecule has 0 unspecified atom stereocenters. The van der Waals surface area contributed by atoms with Crippen molar-refractivity contribution in [3.8, 4) is 0 Å². The van der Waals surface area contributed by atoms with E-state index in [1.807, 2.05) is 0 Å². The molecule has 2 rings (SSSR count). The number of hydrogen-bond donors (Lipinski definition) is 1. The number of thioether (sulfide) groups is 1. The molecule has 6 nitrogen and oxygen atoms in total. The smallest absolute Gasteiger partial charge is 0.342 e. The maximum atomic E-state index is 13.6. The zero-order valence-electron chi connectivity index (χ0n) is 10.7. The fourth-order valence-corrected chi connectivity index (χ4v) is 2.61.